The van der Waals surface area contributed by atoms with Gasteiger partial charge < -0.3 is 10.2 Å². The van der Waals surface area contributed by atoms with Crippen LogP contribution in [0.15, 0.2) is 36.8 Å². The van der Waals surface area contributed by atoms with Gasteiger partial charge in [0, 0.05) is 30.4 Å². The number of aryl methyl sites for hydroxylation is 1. The molecule has 0 radical (unpaired) electrons. The number of hydrogen-bond donors (Lipinski definition) is 2. The first-order chi connectivity index (χ1) is 13.1. The second-order valence-electron chi connectivity index (χ2n) is 7.09. The summed E-state index contributed by atoms with van der Waals surface area (Å²) in [5.74, 6) is 1.02. The van der Waals surface area contributed by atoms with Crippen LogP contribution in [0, 0.1) is 12.8 Å². The molecule has 8 heteroatoms. The van der Waals surface area contributed by atoms with E-state index < -0.39 is 0 Å². The van der Waals surface area contributed by atoms with Crippen molar-refractivity contribution in [3.05, 3.63) is 42.5 Å². The van der Waals surface area contributed by atoms with Crippen LogP contribution in [0.25, 0.3) is 16.6 Å². The highest BCUT2D eigenvalue weighted by atomic mass is 16.2. The molecule has 0 aliphatic carbocycles. The zero-order valence-electron chi connectivity index (χ0n) is 15.5. The van der Waals surface area contributed by atoms with Gasteiger partial charge in [-0.15, -0.1) is 0 Å². The van der Waals surface area contributed by atoms with Crippen molar-refractivity contribution >= 4 is 22.8 Å². The minimum absolute atomic E-state index is 0.228. The van der Waals surface area contributed by atoms with Crippen LogP contribution in [0.5, 0.6) is 0 Å². The Kier molecular flexibility index (Phi) is 4.72. The van der Waals surface area contributed by atoms with Crippen molar-refractivity contribution in [1.29, 1.82) is 0 Å². The first-order valence-electron chi connectivity index (χ1n) is 9.09. The third kappa shape index (κ3) is 3.90. The van der Waals surface area contributed by atoms with Crippen LogP contribution in [0.4, 0.5) is 10.6 Å². The quantitative estimate of drug-likeness (QED) is 0.740. The van der Waals surface area contributed by atoms with Gasteiger partial charge in [-0.3, -0.25) is 10.3 Å². The van der Waals surface area contributed by atoms with Gasteiger partial charge in [-0.25, -0.2) is 14.5 Å². The van der Waals surface area contributed by atoms with Gasteiger partial charge in [-0.05, 0) is 51.1 Å². The van der Waals surface area contributed by atoms with Crippen LogP contribution in [-0.4, -0.2) is 57.4 Å². The largest absolute Gasteiger partial charge is 0.338 e. The molecule has 0 spiro atoms. The predicted octanol–water partition coefficient (Wildman–Crippen LogP) is 2.20. The number of urea groups is 1. The maximum absolute atomic E-state index is 12.1. The van der Waals surface area contributed by atoms with E-state index >= 15 is 0 Å². The topological polar surface area (TPSA) is 88.0 Å². The Morgan fingerprint density at radius 3 is 2.96 bits per heavy atom. The Labute approximate surface area is 157 Å². The molecule has 2 amide bonds. The minimum atomic E-state index is -0.228. The number of nitrogens with zero attached hydrogens (tertiary/aromatic N) is 5. The average Bonchev–Trinajstić information content (AvgIpc) is 3.25. The molecule has 8 nitrogen and oxygen atoms in total. The molecule has 1 atom stereocenters. The van der Waals surface area contributed by atoms with Crippen molar-refractivity contribution in [3.8, 4) is 5.69 Å². The molecule has 140 valence electrons. The second-order valence-corrected chi connectivity index (χ2v) is 7.09. The first-order valence-corrected chi connectivity index (χ1v) is 9.09. The van der Waals surface area contributed by atoms with Crippen molar-refractivity contribution in [2.24, 2.45) is 5.92 Å². The van der Waals surface area contributed by atoms with E-state index in [-0.39, 0.29) is 6.03 Å². The smallest absolute Gasteiger partial charge is 0.320 e. The number of carbonyl (C=O) groups excluding carboxylic acids is 1. The van der Waals surface area contributed by atoms with E-state index in [0.717, 1.165) is 41.8 Å². The fourth-order valence-corrected chi connectivity index (χ4v) is 3.45. The minimum Gasteiger partial charge on any atom is -0.338 e. The number of nitrogens with one attached hydrogen (secondary N) is 2. The molecule has 4 rings (SSSR count). The zero-order chi connectivity index (χ0) is 18.8. The molecule has 0 aromatic carbocycles. The van der Waals surface area contributed by atoms with Crippen LogP contribution < -0.4 is 10.6 Å². The number of anilines is 1. The van der Waals surface area contributed by atoms with Gasteiger partial charge in [0.1, 0.15) is 5.82 Å². The number of fused-ring (bicyclic) bond motifs is 1. The van der Waals surface area contributed by atoms with E-state index in [2.05, 4.69) is 37.6 Å². The fraction of sp³-hybridized carbons (Fsp3) is 0.368. The van der Waals surface area contributed by atoms with Gasteiger partial charge >= 0.3 is 6.03 Å². The third-order valence-corrected chi connectivity index (χ3v) is 4.86. The van der Waals surface area contributed by atoms with Gasteiger partial charge in [-0.1, -0.05) is 0 Å². The Morgan fingerprint density at radius 1 is 1.30 bits per heavy atom. The normalized spacial score (nSPS) is 17.3. The number of rotatable bonds is 4. The number of pyridine rings is 2. The van der Waals surface area contributed by atoms with Gasteiger partial charge in [0.25, 0.3) is 0 Å². The summed E-state index contributed by atoms with van der Waals surface area (Å²) >= 11 is 0. The Morgan fingerprint density at radius 2 is 2.19 bits per heavy atom. The summed E-state index contributed by atoms with van der Waals surface area (Å²) in [6.45, 7) is 4.74. The van der Waals surface area contributed by atoms with Crippen LogP contribution in [0.1, 0.15) is 12.1 Å². The highest BCUT2D eigenvalue weighted by Crippen LogP contribution is 2.20. The highest BCUT2D eigenvalue weighted by Gasteiger charge is 2.19. The molecule has 1 unspecified atom stereocenters. The summed E-state index contributed by atoms with van der Waals surface area (Å²) in [5, 5.41) is 11.1. The molecule has 1 saturated heterocycles. The number of aromatic nitrogens is 4. The molecule has 1 aliphatic heterocycles. The summed E-state index contributed by atoms with van der Waals surface area (Å²) in [7, 11) is 2.10. The highest BCUT2D eigenvalue weighted by molar-refractivity contribution is 5.91. The number of likely N-dealkylation sites (tertiary alicyclic amines) is 1. The molecular weight excluding hydrogens is 342 g/mol. The number of carbonyl (C=O) groups is 1. The van der Waals surface area contributed by atoms with Crippen molar-refractivity contribution in [1.82, 2.24) is 30.0 Å². The monoisotopic (exact) mass is 365 g/mol. The van der Waals surface area contributed by atoms with E-state index in [4.69, 9.17) is 0 Å². The predicted molar refractivity (Wildman–Crippen MR) is 104 cm³/mol. The van der Waals surface area contributed by atoms with E-state index in [1.807, 2.05) is 29.8 Å². The van der Waals surface area contributed by atoms with Crippen LogP contribution in [0.3, 0.4) is 0 Å². The zero-order valence-corrected chi connectivity index (χ0v) is 15.5. The molecular formula is C19H23N7O. The standard InChI is InChI=1S/C19H23N7O/c1-13-7-16(3-5-20-13)26-17-11-21-18(8-15(17)10-23-26)24-19(27)22-9-14-4-6-25(2)12-14/h3,5,7-8,10-11,14H,4,6,9,12H2,1-2H3,(H2,21,22,24,27). The molecule has 0 bridgehead atoms. The SMILES string of the molecule is Cc1cc(-n2ncc3cc(NC(=O)NCC4CCN(C)C4)ncc32)ccn1. The summed E-state index contributed by atoms with van der Waals surface area (Å²) in [6, 6.07) is 5.47. The Bertz CT molecular complexity index is 968. The molecule has 27 heavy (non-hydrogen) atoms. The molecule has 3 aromatic rings. The third-order valence-electron chi connectivity index (χ3n) is 4.86. The van der Waals surface area contributed by atoms with Gasteiger partial charge in [0.15, 0.2) is 0 Å². The van der Waals surface area contributed by atoms with Crippen molar-refractivity contribution in [2.75, 3.05) is 32.0 Å². The molecule has 4 heterocycles. The molecule has 2 N–H and O–H groups in total. The van der Waals surface area contributed by atoms with Gasteiger partial charge in [0.2, 0.25) is 0 Å². The maximum atomic E-state index is 12.1. The summed E-state index contributed by atoms with van der Waals surface area (Å²) < 4.78 is 1.82. The van der Waals surface area contributed by atoms with Crippen molar-refractivity contribution in [3.63, 3.8) is 0 Å². The number of amides is 2. The maximum Gasteiger partial charge on any atom is 0.320 e. The van der Waals surface area contributed by atoms with E-state index in [1.165, 1.54) is 0 Å². The van der Waals surface area contributed by atoms with Gasteiger partial charge in [0.05, 0.1) is 23.6 Å². The Balaban J connectivity index is 1.44. The molecule has 1 aliphatic rings. The number of hydrogen-bond acceptors (Lipinski definition) is 5. The van der Waals surface area contributed by atoms with Crippen molar-refractivity contribution < 1.29 is 4.79 Å². The summed E-state index contributed by atoms with van der Waals surface area (Å²) in [4.78, 5) is 23.0. The van der Waals surface area contributed by atoms with Crippen LogP contribution >= 0.6 is 0 Å². The van der Waals surface area contributed by atoms with E-state index in [1.54, 1.807) is 18.6 Å². The summed E-state index contributed by atoms with van der Waals surface area (Å²) in [5.41, 5.74) is 2.73. The van der Waals surface area contributed by atoms with Crippen LogP contribution in [0.2, 0.25) is 0 Å². The summed E-state index contributed by atoms with van der Waals surface area (Å²) in [6.07, 6.45) is 6.37. The lowest BCUT2D eigenvalue weighted by molar-refractivity contribution is 0.250. The van der Waals surface area contributed by atoms with E-state index in [9.17, 15) is 4.79 Å². The molecule has 0 saturated carbocycles. The van der Waals surface area contributed by atoms with E-state index in [0.29, 0.717) is 18.3 Å². The van der Waals surface area contributed by atoms with Crippen molar-refractivity contribution in [2.45, 2.75) is 13.3 Å². The lowest BCUT2D eigenvalue weighted by Crippen LogP contribution is -2.34. The average molecular weight is 365 g/mol. The lowest BCUT2D eigenvalue weighted by Gasteiger charge is -2.12. The second kappa shape index (κ2) is 7.32. The first kappa shape index (κ1) is 17.4. The lowest BCUT2D eigenvalue weighted by atomic mass is 10.1. The molecule has 3 aromatic heterocycles. The Hall–Kier alpha value is -3.00. The fourth-order valence-electron chi connectivity index (χ4n) is 3.45. The molecule has 1 fully saturated rings. The van der Waals surface area contributed by atoms with Crippen LogP contribution in [-0.2, 0) is 0 Å². The van der Waals surface area contributed by atoms with Gasteiger partial charge in [-0.2, -0.15) is 5.10 Å².